The molecule has 0 aromatic heterocycles. The zero-order chi connectivity index (χ0) is 14.0. The molecule has 0 fully saturated rings. The van der Waals surface area contributed by atoms with Gasteiger partial charge in [0.2, 0.25) is 10.0 Å². The third kappa shape index (κ3) is 2.87. The monoisotopic (exact) mass is 285 g/mol. The number of ether oxygens (including phenoxy) is 1. The fourth-order valence-corrected chi connectivity index (χ4v) is 3.01. The molecule has 2 atom stereocenters. The second kappa shape index (κ2) is 5.18. The van der Waals surface area contributed by atoms with Crippen LogP contribution < -0.4 is 9.46 Å². The SMILES string of the molecule is CC(C(=O)O)S(=O)(=O)NC1CCOc2ccccc21. The molecule has 1 aromatic carbocycles. The first-order chi connectivity index (χ1) is 8.92. The number of hydrogen-bond donors (Lipinski definition) is 2. The summed E-state index contributed by atoms with van der Waals surface area (Å²) in [6, 6.07) is 6.67. The fourth-order valence-electron chi connectivity index (χ4n) is 1.90. The number of carbonyl (C=O) groups is 1. The summed E-state index contributed by atoms with van der Waals surface area (Å²) in [4.78, 5) is 10.8. The molecule has 0 spiro atoms. The first kappa shape index (κ1) is 13.8. The summed E-state index contributed by atoms with van der Waals surface area (Å²) in [5, 5.41) is 7.31. The van der Waals surface area contributed by atoms with Gasteiger partial charge in [0, 0.05) is 12.0 Å². The van der Waals surface area contributed by atoms with Gasteiger partial charge in [-0.3, -0.25) is 4.79 Å². The Labute approximate surface area is 111 Å². The summed E-state index contributed by atoms with van der Waals surface area (Å²) in [6.45, 7) is 1.54. The summed E-state index contributed by atoms with van der Waals surface area (Å²) in [7, 11) is -3.91. The average Bonchev–Trinajstić information content (AvgIpc) is 2.38. The Bertz CT molecular complexity index is 584. The lowest BCUT2D eigenvalue weighted by molar-refractivity contribution is -0.136. The summed E-state index contributed by atoms with van der Waals surface area (Å²) in [5.74, 6) is -0.739. The van der Waals surface area contributed by atoms with Gasteiger partial charge in [0.1, 0.15) is 5.75 Å². The standard InChI is InChI=1S/C12H15NO5S/c1-8(12(14)15)19(16,17)13-10-6-7-18-11-5-3-2-4-9(10)11/h2-5,8,10,13H,6-7H2,1H3,(H,14,15). The number of nitrogens with one attached hydrogen (secondary N) is 1. The summed E-state index contributed by atoms with van der Waals surface area (Å²) >= 11 is 0. The molecule has 0 amide bonds. The van der Waals surface area contributed by atoms with Crippen LogP contribution in [0.5, 0.6) is 5.75 Å². The van der Waals surface area contributed by atoms with Crippen LogP contribution in [0.25, 0.3) is 0 Å². The average molecular weight is 285 g/mol. The number of aliphatic carboxylic acids is 1. The van der Waals surface area contributed by atoms with Crippen molar-refractivity contribution in [3.8, 4) is 5.75 Å². The van der Waals surface area contributed by atoms with Crippen LogP contribution in [0.3, 0.4) is 0 Å². The fraction of sp³-hybridized carbons (Fsp3) is 0.417. The molecule has 0 saturated carbocycles. The van der Waals surface area contributed by atoms with E-state index in [0.717, 1.165) is 12.5 Å². The van der Waals surface area contributed by atoms with Gasteiger partial charge in [-0.25, -0.2) is 13.1 Å². The molecule has 1 aliphatic heterocycles. The highest BCUT2D eigenvalue weighted by molar-refractivity contribution is 7.90. The second-order valence-corrected chi connectivity index (χ2v) is 6.40. The van der Waals surface area contributed by atoms with Gasteiger partial charge >= 0.3 is 5.97 Å². The van der Waals surface area contributed by atoms with Crippen LogP contribution in [-0.2, 0) is 14.8 Å². The number of carboxylic acids is 1. The molecule has 2 rings (SSSR count). The van der Waals surface area contributed by atoms with Crippen LogP contribution in [0.15, 0.2) is 24.3 Å². The molecule has 1 aliphatic rings. The van der Waals surface area contributed by atoms with E-state index in [-0.39, 0.29) is 0 Å². The minimum Gasteiger partial charge on any atom is -0.493 e. The van der Waals surface area contributed by atoms with Crippen molar-refractivity contribution in [2.24, 2.45) is 0 Å². The van der Waals surface area contributed by atoms with Crippen molar-refractivity contribution in [3.05, 3.63) is 29.8 Å². The maximum Gasteiger partial charge on any atom is 0.323 e. The van der Waals surface area contributed by atoms with E-state index in [1.807, 2.05) is 0 Å². The van der Waals surface area contributed by atoms with Crippen LogP contribution in [-0.4, -0.2) is 31.4 Å². The van der Waals surface area contributed by atoms with E-state index in [2.05, 4.69) is 4.72 Å². The lowest BCUT2D eigenvalue weighted by atomic mass is 10.0. The molecular formula is C12H15NO5S. The van der Waals surface area contributed by atoms with Crippen LogP contribution in [0.1, 0.15) is 24.9 Å². The van der Waals surface area contributed by atoms with Crippen molar-refractivity contribution in [1.29, 1.82) is 0 Å². The Kier molecular flexibility index (Phi) is 3.77. The van der Waals surface area contributed by atoms with Gasteiger partial charge in [-0.05, 0) is 13.0 Å². The maximum absolute atomic E-state index is 11.9. The molecule has 1 aromatic rings. The van der Waals surface area contributed by atoms with Crippen molar-refractivity contribution >= 4 is 16.0 Å². The minimum atomic E-state index is -3.91. The van der Waals surface area contributed by atoms with E-state index in [1.165, 1.54) is 0 Å². The van der Waals surface area contributed by atoms with Gasteiger partial charge in [0.05, 0.1) is 12.6 Å². The highest BCUT2D eigenvalue weighted by atomic mass is 32.2. The van der Waals surface area contributed by atoms with Gasteiger partial charge in [-0.15, -0.1) is 0 Å². The minimum absolute atomic E-state index is 0.394. The molecule has 19 heavy (non-hydrogen) atoms. The van der Waals surface area contributed by atoms with E-state index < -0.39 is 27.3 Å². The Morgan fingerprint density at radius 1 is 1.47 bits per heavy atom. The zero-order valence-electron chi connectivity index (χ0n) is 10.4. The van der Waals surface area contributed by atoms with Crippen molar-refractivity contribution in [1.82, 2.24) is 4.72 Å². The van der Waals surface area contributed by atoms with Gasteiger partial charge in [-0.2, -0.15) is 0 Å². The van der Waals surface area contributed by atoms with E-state index >= 15 is 0 Å². The van der Waals surface area contributed by atoms with Gasteiger partial charge in [0.25, 0.3) is 0 Å². The Hall–Kier alpha value is -1.60. The van der Waals surface area contributed by atoms with E-state index in [1.54, 1.807) is 24.3 Å². The van der Waals surface area contributed by atoms with Gasteiger partial charge in [-0.1, -0.05) is 18.2 Å². The largest absolute Gasteiger partial charge is 0.493 e. The van der Waals surface area contributed by atoms with Crippen LogP contribution in [0.2, 0.25) is 0 Å². The molecule has 104 valence electrons. The Balaban J connectivity index is 2.24. The van der Waals surface area contributed by atoms with Crippen LogP contribution in [0, 0.1) is 0 Å². The quantitative estimate of drug-likeness (QED) is 0.857. The molecule has 0 bridgehead atoms. The number of para-hydroxylation sites is 1. The zero-order valence-corrected chi connectivity index (χ0v) is 11.2. The van der Waals surface area contributed by atoms with Crippen molar-refractivity contribution in [2.75, 3.05) is 6.61 Å². The number of hydrogen-bond acceptors (Lipinski definition) is 4. The molecule has 0 aliphatic carbocycles. The lowest BCUT2D eigenvalue weighted by Crippen LogP contribution is -2.40. The van der Waals surface area contributed by atoms with Crippen molar-refractivity contribution < 1.29 is 23.1 Å². The maximum atomic E-state index is 11.9. The van der Waals surface area contributed by atoms with Gasteiger partial charge in [0.15, 0.2) is 5.25 Å². The molecule has 6 nitrogen and oxygen atoms in total. The molecule has 2 N–H and O–H groups in total. The third-order valence-electron chi connectivity index (χ3n) is 3.08. The van der Waals surface area contributed by atoms with Gasteiger partial charge < -0.3 is 9.84 Å². The van der Waals surface area contributed by atoms with Crippen LogP contribution >= 0.6 is 0 Å². The number of carboxylic acid groups (broad SMARTS) is 1. The van der Waals surface area contributed by atoms with Crippen LogP contribution in [0.4, 0.5) is 0 Å². The van der Waals surface area contributed by atoms with E-state index in [0.29, 0.717) is 18.8 Å². The first-order valence-electron chi connectivity index (χ1n) is 5.87. The summed E-state index contributed by atoms with van der Waals surface area (Å²) in [6.07, 6.45) is 0.475. The number of rotatable bonds is 4. The molecule has 1 heterocycles. The number of sulfonamides is 1. The Morgan fingerprint density at radius 3 is 2.84 bits per heavy atom. The normalized spacial score (nSPS) is 20.2. The number of benzene rings is 1. The highest BCUT2D eigenvalue weighted by Gasteiger charge is 2.32. The lowest BCUT2D eigenvalue weighted by Gasteiger charge is -2.27. The molecule has 0 saturated heterocycles. The van der Waals surface area contributed by atoms with E-state index in [9.17, 15) is 13.2 Å². The predicted molar refractivity (Wildman–Crippen MR) is 68.4 cm³/mol. The first-order valence-corrected chi connectivity index (χ1v) is 7.42. The molecule has 0 radical (unpaired) electrons. The summed E-state index contributed by atoms with van der Waals surface area (Å²) in [5.41, 5.74) is 0.731. The second-order valence-electron chi connectivity index (χ2n) is 4.37. The molecular weight excluding hydrogens is 270 g/mol. The predicted octanol–water partition coefficient (Wildman–Crippen LogP) is 0.903. The summed E-state index contributed by atoms with van der Waals surface area (Å²) < 4.78 is 31.7. The smallest absolute Gasteiger partial charge is 0.323 e. The molecule has 7 heteroatoms. The van der Waals surface area contributed by atoms with Crippen molar-refractivity contribution in [3.63, 3.8) is 0 Å². The Morgan fingerprint density at radius 2 is 2.16 bits per heavy atom. The topological polar surface area (TPSA) is 92.7 Å². The van der Waals surface area contributed by atoms with E-state index in [4.69, 9.17) is 9.84 Å². The van der Waals surface area contributed by atoms with Crippen molar-refractivity contribution in [2.45, 2.75) is 24.6 Å². The molecule has 2 unspecified atom stereocenters. The highest BCUT2D eigenvalue weighted by Crippen LogP contribution is 2.32. The third-order valence-corrected chi connectivity index (χ3v) is 4.82. The number of fused-ring (bicyclic) bond motifs is 1.